The van der Waals surface area contributed by atoms with Gasteiger partial charge in [0.15, 0.2) is 0 Å². The van der Waals surface area contributed by atoms with E-state index in [1.807, 2.05) is 0 Å². The Kier molecular flexibility index (Phi) is 1.73. The largest absolute Gasteiger partial charge is 0.388 e. The Morgan fingerprint density at radius 3 is 2.92 bits per heavy atom. The summed E-state index contributed by atoms with van der Waals surface area (Å²) in [4.78, 5) is 11.1. The van der Waals surface area contributed by atoms with Gasteiger partial charge in [-0.3, -0.25) is 4.79 Å². The first kappa shape index (κ1) is 7.20. The summed E-state index contributed by atoms with van der Waals surface area (Å²) in [7, 11) is 0. The number of ether oxygens (including phenoxy) is 1. The van der Waals surface area contributed by atoms with Crippen molar-refractivity contribution in [1.29, 1.82) is 0 Å². The first-order chi connectivity index (χ1) is 5.86. The molecule has 0 atom stereocenters. The van der Waals surface area contributed by atoms with Crippen LogP contribution in [-0.4, -0.2) is 26.6 Å². The van der Waals surface area contributed by atoms with Crippen molar-refractivity contribution < 1.29 is 9.53 Å². The van der Waals surface area contributed by atoms with E-state index in [1.54, 1.807) is 0 Å². The first-order valence-corrected chi connectivity index (χ1v) is 3.81. The molecule has 1 heterocycles. The van der Waals surface area contributed by atoms with Crippen LogP contribution in [0.1, 0.15) is 19.3 Å². The second-order valence-corrected chi connectivity index (χ2v) is 2.74. The first-order valence-electron chi connectivity index (χ1n) is 3.81. The van der Waals surface area contributed by atoms with Crippen LogP contribution in [0.5, 0.6) is 6.01 Å². The van der Waals surface area contributed by atoms with E-state index >= 15 is 0 Å². The van der Waals surface area contributed by atoms with Crippen molar-refractivity contribution in [3.05, 3.63) is 0 Å². The summed E-state index contributed by atoms with van der Waals surface area (Å²) >= 11 is 0. The number of H-pyrrole nitrogens is 1. The van der Waals surface area contributed by atoms with Crippen molar-refractivity contribution in [2.24, 2.45) is 5.92 Å². The topological polar surface area (TPSA) is 80.8 Å². The van der Waals surface area contributed by atoms with Crippen molar-refractivity contribution >= 4 is 5.97 Å². The van der Waals surface area contributed by atoms with Gasteiger partial charge in [0, 0.05) is 0 Å². The van der Waals surface area contributed by atoms with Crippen LogP contribution in [0.2, 0.25) is 0 Å². The van der Waals surface area contributed by atoms with Gasteiger partial charge >= 0.3 is 12.0 Å². The fourth-order valence-electron chi connectivity index (χ4n) is 1.01. The molecular formula is C6H8N4O2. The van der Waals surface area contributed by atoms with Crippen LogP contribution in [-0.2, 0) is 4.79 Å². The Balaban J connectivity index is 1.90. The maximum Gasteiger partial charge on any atom is 0.363 e. The zero-order chi connectivity index (χ0) is 8.39. The quantitative estimate of drug-likeness (QED) is 0.624. The smallest absolute Gasteiger partial charge is 0.363 e. The summed E-state index contributed by atoms with van der Waals surface area (Å²) in [6.45, 7) is 0. The number of aromatic amines is 1. The van der Waals surface area contributed by atoms with Crippen molar-refractivity contribution in [2.45, 2.75) is 19.3 Å². The van der Waals surface area contributed by atoms with Crippen LogP contribution in [0.3, 0.4) is 0 Å². The van der Waals surface area contributed by atoms with Crippen LogP contribution in [0.25, 0.3) is 0 Å². The average Bonchev–Trinajstić information content (AvgIpc) is 2.34. The molecule has 6 nitrogen and oxygen atoms in total. The molecule has 1 aromatic heterocycles. The molecule has 0 unspecified atom stereocenters. The molecule has 0 bridgehead atoms. The Labute approximate surface area is 68.3 Å². The number of carbonyl (C=O) groups excluding carboxylic acids is 1. The minimum absolute atomic E-state index is 0.00639. The third-order valence-corrected chi connectivity index (χ3v) is 1.96. The molecule has 64 valence electrons. The third-order valence-electron chi connectivity index (χ3n) is 1.96. The lowest BCUT2D eigenvalue weighted by Crippen LogP contribution is -2.26. The van der Waals surface area contributed by atoms with Crippen molar-refractivity contribution in [2.75, 3.05) is 0 Å². The minimum Gasteiger partial charge on any atom is -0.388 e. The molecule has 2 rings (SSSR count). The summed E-state index contributed by atoms with van der Waals surface area (Å²) in [5, 5.41) is 12.5. The molecule has 12 heavy (non-hydrogen) atoms. The van der Waals surface area contributed by atoms with Crippen molar-refractivity contribution in [3.63, 3.8) is 0 Å². The third kappa shape index (κ3) is 1.27. The number of rotatable bonds is 2. The molecule has 1 fully saturated rings. The molecule has 1 saturated carbocycles. The van der Waals surface area contributed by atoms with Crippen LogP contribution < -0.4 is 4.74 Å². The molecule has 1 aromatic rings. The minimum atomic E-state index is -0.248. The lowest BCUT2D eigenvalue weighted by atomic mass is 9.86. The molecule has 6 heteroatoms. The van der Waals surface area contributed by atoms with E-state index in [1.165, 1.54) is 0 Å². The van der Waals surface area contributed by atoms with Gasteiger partial charge in [-0.15, -0.1) is 0 Å². The fourth-order valence-corrected chi connectivity index (χ4v) is 1.01. The van der Waals surface area contributed by atoms with E-state index in [2.05, 4.69) is 20.6 Å². The Hall–Kier alpha value is -1.46. The van der Waals surface area contributed by atoms with E-state index in [0.717, 1.165) is 19.3 Å². The zero-order valence-corrected chi connectivity index (χ0v) is 6.36. The van der Waals surface area contributed by atoms with Gasteiger partial charge in [0.05, 0.1) is 5.92 Å². The van der Waals surface area contributed by atoms with Gasteiger partial charge in [0.1, 0.15) is 0 Å². The molecule has 0 saturated heterocycles. The van der Waals surface area contributed by atoms with E-state index < -0.39 is 0 Å². The normalized spacial score (nSPS) is 17.0. The Morgan fingerprint density at radius 1 is 1.58 bits per heavy atom. The summed E-state index contributed by atoms with van der Waals surface area (Å²) in [6.07, 6.45) is 2.93. The van der Waals surface area contributed by atoms with E-state index in [-0.39, 0.29) is 17.9 Å². The monoisotopic (exact) mass is 168 g/mol. The maximum absolute atomic E-state index is 11.1. The summed E-state index contributed by atoms with van der Waals surface area (Å²) in [5.41, 5.74) is 0. The van der Waals surface area contributed by atoms with Gasteiger partial charge in [0.25, 0.3) is 0 Å². The Bertz CT molecular complexity index is 267. The van der Waals surface area contributed by atoms with Crippen LogP contribution >= 0.6 is 0 Å². The zero-order valence-electron chi connectivity index (χ0n) is 6.36. The summed E-state index contributed by atoms with van der Waals surface area (Å²) in [6, 6.07) is 0.00639. The van der Waals surface area contributed by atoms with Gasteiger partial charge in [-0.2, -0.15) is 5.21 Å². The number of esters is 1. The van der Waals surface area contributed by atoms with Gasteiger partial charge < -0.3 is 4.74 Å². The van der Waals surface area contributed by atoms with Gasteiger partial charge in [-0.25, -0.2) is 0 Å². The maximum atomic E-state index is 11.1. The second kappa shape index (κ2) is 2.88. The molecule has 1 aliphatic carbocycles. The molecule has 0 aromatic carbocycles. The highest BCUT2D eigenvalue weighted by molar-refractivity contribution is 5.75. The fraction of sp³-hybridized carbons (Fsp3) is 0.667. The van der Waals surface area contributed by atoms with E-state index in [0.29, 0.717) is 0 Å². The van der Waals surface area contributed by atoms with Crippen LogP contribution in [0, 0.1) is 5.92 Å². The average molecular weight is 168 g/mol. The van der Waals surface area contributed by atoms with Crippen molar-refractivity contribution in [3.8, 4) is 6.01 Å². The standard InChI is InChI=1S/C6H8N4O2/c11-5(4-2-1-3-4)12-6-7-9-10-8-6/h4H,1-3H2,(H,7,8,9,10). The number of tetrazole rings is 1. The highest BCUT2D eigenvalue weighted by Gasteiger charge is 2.27. The number of nitrogens with one attached hydrogen (secondary N) is 1. The second-order valence-electron chi connectivity index (χ2n) is 2.74. The Morgan fingerprint density at radius 2 is 2.42 bits per heavy atom. The predicted molar refractivity (Wildman–Crippen MR) is 37.2 cm³/mol. The van der Waals surface area contributed by atoms with Gasteiger partial charge in [0.2, 0.25) is 0 Å². The van der Waals surface area contributed by atoms with Crippen molar-refractivity contribution in [1.82, 2.24) is 20.6 Å². The lowest BCUT2D eigenvalue weighted by Gasteiger charge is -2.21. The molecule has 0 amide bonds. The molecule has 0 spiro atoms. The highest BCUT2D eigenvalue weighted by Crippen LogP contribution is 2.27. The summed E-state index contributed by atoms with van der Waals surface area (Å²) < 4.78 is 4.80. The molecule has 0 radical (unpaired) electrons. The number of carbonyl (C=O) groups is 1. The van der Waals surface area contributed by atoms with Crippen LogP contribution in [0.15, 0.2) is 0 Å². The van der Waals surface area contributed by atoms with Crippen LogP contribution in [0.4, 0.5) is 0 Å². The highest BCUT2D eigenvalue weighted by atomic mass is 16.6. The number of hydrogen-bond donors (Lipinski definition) is 1. The SMILES string of the molecule is O=C(Oc1nn[nH]n1)C1CCC1. The predicted octanol–water partition coefficient (Wildman–Crippen LogP) is -0.0948. The molecule has 1 N–H and O–H groups in total. The van der Waals surface area contributed by atoms with Gasteiger partial charge in [-0.1, -0.05) is 16.6 Å². The number of aromatic nitrogens is 4. The van der Waals surface area contributed by atoms with E-state index in [9.17, 15) is 4.79 Å². The van der Waals surface area contributed by atoms with E-state index in [4.69, 9.17) is 4.74 Å². The number of hydrogen-bond acceptors (Lipinski definition) is 5. The lowest BCUT2D eigenvalue weighted by molar-refractivity contribution is -0.142. The molecular weight excluding hydrogens is 160 g/mol. The summed E-state index contributed by atoms with van der Waals surface area (Å²) in [5.74, 6) is -0.203. The molecule has 1 aliphatic rings. The number of nitrogens with zero attached hydrogens (tertiary/aromatic N) is 3. The van der Waals surface area contributed by atoms with Gasteiger partial charge in [-0.05, 0) is 18.1 Å². The molecule has 0 aliphatic heterocycles.